The molecule has 0 saturated carbocycles. The summed E-state index contributed by atoms with van der Waals surface area (Å²) in [5.41, 5.74) is 6.16. The highest BCUT2D eigenvalue weighted by atomic mass is 15.3. The van der Waals surface area contributed by atoms with Crippen molar-refractivity contribution in [1.29, 1.82) is 0 Å². The standard InChI is InChI=1S/C15H21N5/c1-5-13-17-14(19-16)9-15(18-13)20(4)12-7-10(2)6-11(3)8-12/h6-9H,5,16H2,1-4H3,(H,17,18,19). The minimum Gasteiger partial charge on any atom is -0.329 e. The fourth-order valence-corrected chi connectivity index (χ4v) is 2.16. The summed E-state index contributed by atoms with van der Waals surface area (Å²) in [6, 6.07) is 8.27. The smallest absolute Gasteiger partial charge is 0.145 e. The van der Waals surface area contributed by atoms with Crippen molar-refractivity contribution >= 4 is 17.3 Å². The van der Waals surface area contributed by atoms with Gasteiger partial charge in [-0.2, -0.15) is 0 Å². The lowest BCUT2D eigenvalue weighted by Gasteiger charge is -2.20. The fourth-order valence-electron chi connectivity index (χ4n) is 2.16. The van der Waals surface area contributed by atoms with E-state index in [-0.39, 0.29) is 0 Å². The third-order valence-corrected chi connectivity index (χ3v) is 3.16. The summed E-state index contributed by atoms with van der Waals surface area (Å²) >= 11 is 0. The molecular formula is C15H21N5. The molecule has 0 aliphatic heterocycles. The lowest BCUT2D eigenvalue weighted by Crippen LogP contribution is -2.16. The first-order valence-electron chi connectivity index (χ1n) is 6.70. The van der Waals surface area contributed by atoms with Crippen molar-refractivity contribution in [2.75, 3.05) is 17.4 Å². The second-order valence-electron chi connectivity index (χ2n) is 4.93. The van der Waals surface area contributed by atoms with E-state index in [1.165, 1.54) is 11.1 Å². The van der Waals surface area contributed by atoms with Gasteiger partial charge in [-0.25, -0.2) is 15.8 Å². The molecule has 0 bridgehead atoms. The highest BCUT2D eigenvalue weighted by Gasteiger charge is 2.10. The van der Waals surface area contributed by atoms with Gasteiger partial charge in [0.25, 0.3) is 0 Å². The van der Waals surface area contributed by atoms with E-state index in [0.717, 1.165) is 23.8 Å². The van der Waals surface area contributed by atoms with Gasteiger partial charge < -0.3 is 10.3 Å². The molecular weight excluding hydrogens is 250 g/mol. The second kappa shape index (κ2) is 5.88. The number of anilines is 3. The largest absolute Gasteiger partial charge is 0.329 e. The van der Waals surface area contributed by atoms with E-state index in [4.69, 9.17) is 5.84 Å². The molecule has 0 spiro atoms. The molecule has 1 heterocycles. The Hall–Kier alpha value is -2.14. The number of hydrazine groups is 1. The normalized spacial score (nSPS) is 10.4. The maximum absolute atomic E-state index is 5.47. The predicted octanol–water partition coefficient (Wildman–Crippen LogP) is 2.71. The molecule has 2 aromatic rings. The van der Waals surface area contributed by atoms with Crippen LogP contribution in [-0.4, -0.2) is 17.0 Å². The zero-order valence-corrected chi connectivity index (χ0v) is 12.4. The monoisotopic (exact) mass is 271 g/mol. The van der Waals surface area contributed by atoms with Crippen LogP contribution < -0.4 is 16.2 Å². The Morgan fingerprint density at radius 3 is 2.30 bits per heavy atom. The first-order chi connectivity index (χ1) is 9.53. The van der Waals surface area contributed by atoms with Crippen LogP contribution in [0.2, 0.25) is 0 Å². The number of hydrogen-bond acceptors (Lipinski definition) is 5. The number of aryl methyl sites for hydroxylation is 3. The van der Waals surface area contributed by atoms with E-state index in [0.29, 0.717) is 5.82 Å². The molecule has 1 aromatic heterocycles. The average Bonchev–Trinajstić information content (AvgIpc) is 2.44. The van der Waals surface area contributed by atoms with Crippen molar-refractivity contribution < 1.29 is 0 Å². The third kappa shape index (κ3) is 3.05. The summed E-state index contributed by atoms with van der Waals surface area (Å²) in [5.74, 6) is 7.70. The van der Waals surface area contributed by atoms with E-state index in [9.17, 15) is 0 Å². The summed E-state index contributed by atoms with van der Waals surface area (Å²) in [7, 11) is 2.00. The number of benzene rings is 1. The van der Waals surface area contributed by atoms with Crippen LogP contribution in [0.1, 0.15) is 23.9 Å². The summed E-state index contributed by atoms with van der Waals surface area (Å²) in [6.45, 7) is 6.21. The Kier molecular flexibility index (Phi) is 4.20. The predicted molar refractivity (Wildman–Crippen MR) is 83.2 cm³/mol. The molecule has 3 N–H and O–H groups in total. The molecule has 0 saturated heterocycles. The van der Waals surface area contributed by atoms with Crippen molar-refractivity contribution in [3.8, 4) is 0 Å². The van der Waals surface area contributed by atoms with E-state index < -0.39 is 0 Å². The van der Waals surface area contributed by atoms with E-state index in [2.05, 4.69) is 47.4 Å². The number of rotatable bonds is 4. The minimum atomic E-state index is 0.628. The molecule has 0 aliphatic carbocycles. The molecule has 0 unspecified atom stereocenters. The maximum Gasteiger partial charge on any atom is 0.145 e. The van der Waals surface area contributed by atoms with Crippen LogP contribution in [0.15, 0.2) is 24.3 Å². The average molecular weight is 271 g/mol. The van der Waals surface area contributed by atoms with Crippen molar-refractivity contribution in [3.63, 3.8) is 0 Å². The maximum atomic E-state index is 5.47. The Morgan fingerprint density at radius 1 is 1.10 bits per heavy atom. The van der Waals surface area contributed by atoms with Gasteiger partial charge in [-0.05, 0) is 37.1 Å². The quantitative estimate of drug-likeness (QED) is 0.661. The van der Waals surface area contributed by atoms with Crippen molar-refractivity contribution in [2.24, 2.45) is 5.84 Å². The zero-order chi connectivity index (χ0) is 14.7. The van der Waals surface area contributed by atoms with Crippen molar-refractivity contribution in [3.05, 3.63) is 41.2 Å². The number of aromatic nitrogens is 2. The molecule has 2 rings (SSSR count). The van der Waals surface area contributed by atoms with Gasteiger partial charge in [0.2, 0.25) is 0 Å². The molecule has 20 heavy (non-hydrogen) atoms. The first-order valence-corrected chi connectivity index (χ1v) is 6.70. The highest BCUT2D eigenvalue weighted by molar-refractivity contribution is 5.63. The lowest BCUT2D eigenvalue weighted by atomic mass is 10.1. The van der Waals surface area contributed by atoms with E-state index in [1.54, 1.807) is 0 Å². The van der Waals surface area contributed by atoms with Crippen LogP contribution in [0.3, 0.4) is 0 Å². The van der Waals surface area contributed by atoms with Gasteiger partial charge in [-0.1, -0.05) is 13.0 Å². The van der Waals surface area contributed by atoms with E-state index in [1.807, 2.05) is 24.9 Å². The van der Waals surface area contributed by atoms with Crippen LogP contribution in [0.4, 0.5) is 17.3 Å². The highest BCUT2D eigenvalue weighted by Crippen LogP contribution is 2.25. The first kappa shape index (κ1) is 14.3. The van der Waals surface area contributed by atoms with Gasteiger partial charge in [-0.15, -0.1) is 0 Å². The van der Waals surface area contributed by atoms with Gasteiger partial charge in [-0.3, -0.25) is 0 Å². The summed E-state index contributed by atoms with van der Waals surface area (Å²) in [5, 5.41) is 0. The van der Waals surface area contributed by atoms with Crippen LogP contribution in [0.25, 0.3) is 0 Å². The molecule has 5 nitrogen and oxygen atoms in total. The summed E-state index contributed by atoms with van der Waals surface area (Å²) in [4.78, 5) is 10.9. The molecule has 0 amide bonds. The molecule has 106 valence electrons. The number of hydrogen-bond donors (Lipinski definition) is 2. The minimum absolute atomic E-state index is 0.628. The van der Waals surface area contributed by atoms with Gasteiger partial charge in [0.1, 0.15) is 17.5 Å². The number of nitrogens with zero attached hydrogens (tertiary/aromatic N) is 3. The number of nitrogen functional groups attached to an aromatic ring is 1. The second-order valence-corrected chi connectivity index (χ2v) is 4.93. The third-order valence-electron chi connectivity index (χ3n) is 3.16. The van der Waals surface area contributed by atoms with E-state index >= 15 is 0 Å². The zero-order valence-electron chi connectivity index (χ0n) is 12.4. The summed E-state index contributed by atoms with van der Waals surface area (Å²) < 4.78 is 0. The van der Waals surface area contributed by atoms with Crippen LogP contribution >= 0.6 is 0 Å². The molecule has 0 aliphatic rings. The van der Waals surface area contributed by atoms with Crippen LogP contribution in [-0.2, 0) is 6.42 Å². The summed E-state index contributed by atoms with van der Waals surface area (Å²) in [6.07, 6.45) is 0.767. The Morgan fingerprint density at radius 2 is 1.75 bits per heavy atom. The molecule has 5 heteroatoms. The van der Waals surface area contributed by atoms with Crippen molar-refractivity contribution in [1.82, 2.24) is 9.97 Å². The Bertz CT molecular complexity index is 567. The van der Waals surface area contributed by atoms with Crippen molar-refractivity contribution in [2.45, 2.75) is 27.2 Å². The number of nitrogens with two attached hydrogens (primary N) is 1. The molecule has 0 atom stereocenters. The van der Waals surface area contributed by atoms with Gasteiger partial charge in [0, 0.05) is 25.2 Å². The molecule has 0 fully saturated rings. The topological polar surface area (TPSA) is 67.1 Å². The Labute approximate surface area is 119 Å². The van der Waals surface area contributed by atoms with Crippen LogP contribution in [0.5, 0.6) is 0 Å². The van der Waals surface area contributed by atoms with Gasteiger partial charge in [0.05, 0.1) is 0 Å². The SMILES string of the molecule is CCc1nc(NN)cc(N(C)c2cc(C)cc(C)c2)n1. The van der Waals surface area contributed by atoms with Gasteiger partial charge in [0.15, 0.2) is 0 Å². The van der Waals surface area contributed by atoms with Crippen LogP contribution in [0, 0.1) is 13.8 Å². The number of nitrogens with one attached hydrogen (secondary N) is 1. The van der Waals surface area contributed by atoms with Gasteiger partial charge >= 0.3 is 0 Å². The Balaban J connectivity index is 2.43. The lowest BCUT2D eigenvalue weighted by molar-refractivity contribution is 0.924. The molecule has 1 aromatic carbocycles. The fraction of sp³-hybridized carbons (Fsp3) is 0.333. The molecule has 0 radical (unpaired) electrons.